The van der Waals surface area contributed by atoms with Crippen LogP contribution in [0.3, 0.4) is 0 Å². The van der Waals surface area contributed by atoms with Gasteiger partial charge in [0, 0.05) is 17.6 Å². The second kappa shape index (κ2) is 5.58. The first-order valence-electron chi connectivity index (χ1n) is 6.17. The Kier molecular flexibility index (Phi) is 4.04. The maximum Gasteiger partial charge on any atom is 0.342 e. The number of ether oxygens (including phenoxy) is 1. The van der Waals surface area contributed by atoms with E-state index >= 15 is 0 Å². The molecule has 0 atom stereocenters. The molecule has 2 rings (SSSR count). The van der Waals surface area contributed by atoms with Crippen molar-refractivity contribution in [2.24, 2.45) is 7.05 Å². The molecule has 6 heteroatoms. The van der Waals surface area contributed by atoms with E-state index in [4.69, 9.17) is 4.74 Å². The number of thiophene rings is 1. The number of aromatic nitrogens is 2. The first-order chi connectivity index (χ1) is 9.40. The van der Waals surface area contributed by atoms with E-state index in [-0.39, 0.29) is 12.4 Å². The lowest BCUT2D eigenvalue weighted by molar-refractivity contribution is 0.0474. The average molecular weight is 292 g/mol. The van der Waals surface area contributed by atoms with Gasteiger partial charge in [0.2, 0.25) is 5.78 Å². The Bertz CT molecular complexity index is 670. The van der Waals surface area contributed by atoms with Crippen molar-refractivity contribution in [1.29, 1.82) is 0 Å². The number of carbonyl (C=O) groups is 2. The van der Waals surface area contributed by atoms with Crippen molar-refractivity contribution in [3.63, 3.8) is 0 Å². The summed E-state index contributed by atoms with van der Waals surface area (Å²) >= 11 is 1.40. The van der Waals surface area contributed by atoms with Gasteiger partial charge in [0.25, 0.3) is 0 Å². The monoisotopic (exact) mass is 292 g/mol. The van der Waals surface area contributed by atoms with E-state index in [1.54, 1.807) is 31.6 Å². The van der Waals surface area contributed by atoms with E-state index in [0.717, 1.165) is 10.6 Å². The Balaban J connectivity index is 2.04. The fraction of sp³-hybridized carbons (Fsp3) is 0.357. The summed E-state index contributed by atoms with van der Waals surface area (Å²) in [5, 5.41) is 4.15. The van der Waals surface area contributed by atoms with Crippen LogP contribution in [-0.2, 0) is 11.8 Å². The van der Waals surface area contributed by atoms with Crippen molar-refractivity contribution in [2.45, 2.75) is 20.8 Å². The molecule has 0 aliphatic heterocycles. The summed E-state index contributed by atoms with van der Waals surface area (Å²) in [6, 6.07) is 3.62. The molecule has 0 bridgehead atoms. The van der Waals surface area contributed by atoms with Gasteiger partial charge in [0.1, 0.15) is 5.56 Å². The largest absolute Gasteiger partial charge is 0.454 e. The Hall–Kier alpha value is -1.95. The molecule has 106 valence electrons. The quantitative estimate of drug-likeness (QED) is 0.641. The van der Waals surface area contributed by atoms with Crippen LogP contribution in [0.2, 0.25) is 0 Å². The number of carbonyl (C=O) groups excluding carboxylic acids is 2. The molecule has 0 fully saturated rings. The van der Waals surface area contributed by atoms with E-state index in [1.807, 2.05) is 13.0 Å². The highest BCUT2D eigenvalue weighted by atomic mass is 32.1. The van der Waals surface area contributed by atoms with Crippen LogP contribution >= 0.6 is 11.3 Å². The van der Waals surface area contributed by atoms with Gasteiger partial charge in [-0.25, -0.2) is 4.79 Å². The van der Waals surface area contributed by atoms with E-state index in [9.17, 15) is 9.59 Å². The minimum atomic E-state index is -0.505. The van der Waals surface area contributed by atoms with Crippen LogP contribution in [0.1, 0.15) is 36.3 Å². The summed E-state index contributed by atoms with van der Waals surface area (Å²) in [5.74, 6) is -0.689. The van der Waals surface area contributed by atoms with Crippen LogP contribution in [0.15, 0.2) is 12.1 Å². The first-order valence-corrected chi connectivity index (χ1v) is 6.98. The lowest BCUT2D eigenvalue weighted by atomic mass is 10.2. The molecule has 2 aromatic rings. The lowest BCUT2D eigenvalue weighted by Gasteiger charge is -2.03. The van der Waals surface area contributed by atoms with Gasteiger partial charge in [-0.15, -0.1) is 11.3 Å². The molecule has 0 amide bonds. The van der Waals surface area contributed by atoms with Gasteiger partial charge in [0.05, 0.1) is 10.6 Å². The Labute approximate surface area is 121 Å². The molecule has 0 saturated heterocycles. The van der Waals surface area contributed by atoms with Crippen molar-refractivity contribution in [3.8, 4) is 0 Å². The van der Waals surface area contributed by atoms with Crippen LogP contribution in [0.4, 0.5) is 0 Å². The van der Waals surface area contributed by atoms with Crippen LogP contribution in [0.5, 0.6) is 0 Å². The molecule has 0 radical (unpaired) electrons. The molecule has 0 spiro atoms. The van der Waals surface area contributed by atoms with Crippen LogP contribution in [0.25, 0.3) is 0 Å². The van der Waals surface area contributed by atoms with Gasteiger partial charge >= 0.3 is 5.97 Å². The number of aryl methyl sites for hydroxylation is 3. The summed E-state index contributed by atoms with van der Waals surface area (Å²) in [5.41, 5.74) is 1.77. The van der Waals surface area contributed by atoms with Crippen molar-refractivity contribution >= 4 is 23.1 Å². The zero-order valence-electron chi connectivity index (χ0n) is 11.9. The topological polar surface area (TPSA) is 61.2 Å². The van der Waals surface area contributed by atoms with Crippen molar-refractivity contribution < 1.29 is 14.3 Å². The molecule has 2 heterocycles. The fourth-order valence-electron chi connectivity index (χ4n) is 1.93. The molecule has 0 aromatic carbocycles. The van der Waals surface area contributed by atoms with Gasteiger partial charge in [-0.3, -0.25) is 9.48 Å². The predicted octanol–water partition coefficient (Wildman–Crippen LogP) is 2.45. The standard InChI is InChI=1S/C14H16N2O3S/c1-8-5-6-12(20-8)11(17)7-19-14(18)13-9(2)15-16(4)10(13)3/h5-6H,7H2,1-4H3. The molecule has 0 unspecified atom stereocenters. The number of hydrogen-bond donors (Lipinski definition) is 0. The summed E-state index contributed by atoms with van der Waals surface area (Å²) in [6.45, 7) is 5.22. The zero-order valence-corrected chi connectivity index (χ0v) is 12.7. The molecule has 0 aliphatic rings. The van der Waals surface area contributed by atoms with Gasteiger partial charge in [-0.05, 0) is 32.9 Å². The van der Waals surface area contributed by atoms with E-state index in [2.05, 4.69) is 5.10 Å². The average Bonchev–Trinajstić information content (AvgIpc) is 2.91. The number of esters is 1. The van der Waals surface area contributed by atoms with E-state index in [1.165, 1.54) is 11.3 Å². The maximum absolute atomic E-state index is 12.0. The third-order valence-corrected chi connectivity index (χ3v) is 4.10. The third-order valence-electron chi connectivity index (χ3n) is 3.06. The van der Waals surface area contributed by atoms with Gasteiger partial charge < -0.3 is 4.74 Å². The second-order valence-electron chi connectivity index (χ2n) is 4.58. The minimum Gasteiger partial charge on any atom is -0.454 e. The van der Waals surface area contributed by atoms with Crippen LogP contribution < -0.4 is 0 Å². The minimum absolute atomic E-state index is 0.185. The predicted molar refractivity (Wildman–Crippen MR) is 76.4 cm³/mol. The Morgan fingerprint density at radius 1 is 1.30 bits per heavy atom. The number of Topliss-reactive ketones (excluding diaryl/α,β-unsaturated/α-hetero) is 1. The molecule has 0 N–H and O–H groups in total. The third kappa shape index (κ3) is 2.80. The molecule has 5 nitrogen and oxygen atoms in total. The number of rotatable bonds is 4. The van der Waals surface area contributed by atoms with Crippen molar-refractivity contribution in [3.05, 3.63) is 38.8 Å². The molecule has 0 saturated carbocycles. The Morgan fingerprint density at radius 2 is 2.00 bits per heavy atom. The van der Waals surface area contributed by atoms with E-state index in [0.29, 0.717) is 16.1 Å². The number of ketones is 1. The highest BCUT2D eigenvalue weighted by molar-refractivity contribution is 7.14. The summed E-state index contributed by atoms with van der Waals surface area (Å²) < 4.78 is 6.71. The molecular formula is C14H16N2O3S. The maximum atomic E-state index is 12.0. The second-order valence-corrected chi connectivity index (χ2v) is 5.87. The normalized spacial score (nSPS) is 10.6. The summed E-state index contributed by atoms with van der Waals surface area (Å²) in [4.78, 5) is 25.6. The van der Waals surface area contributed by atoms with E-state index < -0.39 is 5.97 Å². The summed E-state index contributed by atoms with van der Waals surface area (Å²) in [6.07, 6.45) is 0. The SMILES string of the molecule is Cc1ccc(C(=O)COC(=O)c2c(C)nn(C)c2C)s1. The zero-order chi connectivity index (χ0) is 14.9. The van der Waals surface area contributed by atoms with Crippen LogP contribution in [0, 0.1) is 20.8 Å². The van der Waals surface area contributed by atoms with Crippen molar-refractivity contribution in [2.75, 3.05) is 6.61 Å². The smallest absolute Gasteiger partial charge is 0.342 e. The molecule has 0 aliphatic carbocycles. The molecular weight excluding hydrogens is 276 g/mol. The van der Waals surface area contributed by atoms with Gasteiger partial charge in [-0.1, -0.05) is 0 Å². The molecule has 20 heavy (non-hydrogen) atoms. The fourth-order valence-corrected chi connectivity index (χ4v) is 2.72. The van der Waals surface area contributed by atoms with Crippen LogP contribution in [-0.4, -0.2) is 28.1 Å². The number of nitrogens with zero attached hydrogens (tertiary/aromatic N) is 2. The molecule has 2 aromatic heterocycles. The highest BCUT2D eigenvalue weighted by Gasteiger charge is 2.20. The highest BCUT2D eigenvalue weighted by Crippen LogP contribution is 2.17. The summed E-state index contributed by atoms with van der Waals surface area (Å²) in [7, 11) is 1.76. The van der Waals surface area contributed by atoms with Crippen molar-refractivity contribution in [1.82, 2.24) is 9.78 Å². The Morgan fingerprint density at radius 3 is 2.50 bits per heavy atom. The van der Waals surface area contributed by atoms with Gasteiger partial charge in [-0.2, -0.15) is 5.10 Å². The first kappa shape index (κ1) is 14.5. The lowest BCUT2D eigenvalue weighted by Crippen LogP contribution is -2.14. The number of hydrogen-bond acceptors (Lipinski definition) is 5. The van der Waals surface area contributed by atoms with Gasteiger partial charge in [0.15, 0.2) is 6.61 Å².